The van der Waals surface area contributed by atoms with Crippen LogP contribution in [0.3, 0.4) is 0 Å². The molecule has 1 nitrogen and oxygen atoms in total. The van der Waals surface area contributed by atoms with Gasteiger partial charge in [-0.15, -0.1) is 0 Å². The summed E-state index contributed by atoms with van der Waals surface area (Å²) in [6.45, 7) is 0. The number of rotatable bonds is 1. The zero-order valence-electron chi connectivity index (χ0n) is 24.0. The van der Waals surface area contributed by atoms with Gasteiger partial charge in [0, 0.05) is 36.2 Å². The molecule has 210 valence electrons. The molecule has 0 N–H and O–H groups in total. The summed E-state index contributed by atoms with van der Waals surface area (Å²) in [7, 11) is 0. The first-order valence-corrected chi connectivity index (χ1v) is 16.7. The number of hydrogen-bond donors (Lipinski definition) is 0. The minimum atomic E-state index is 1.04. The molecular weight excluding hydrogens is 678 g/mol. The number of hydrogen-bond acceptors (Lipinski definition) is 0. The topological polar surface area (TPSA) is 4.93 Å². The zero-order valence-corrected chi connectivity index (χ0v) is 27.2. The average molecular weight is 701 g/mol. The van der Waals surface area contributed by atoms with E-state index < -0.39 is 0 Å². The van der Waals surface area contributed by atoms with E-state index >= 15 is 0 Å². The molecule has 10 rings (SSSR count). The lowest BCUT2D eigenvalue weighted by molar-refractivity contribution is 1.17. The summed E-state index contributed by atoms with van der Waals surface area (Å²) in [5, 5.41) is 18.1. The van der Waals surface area contributed by atoms with Crippen LogP contribution in [0.1, 0.15) is 0 Å². The SMILES string of the molecule is Brc1cc(Br)cc(-n2c3ccc4c5ccccc5c5ccccc5c4c3c3c4c5ccccc5c5ccccc5c4ccc32)c1. The van der Waals surface area contributed by atoms with Crippen LogP contribution in [0.15, 0.2) is 148 Å². The fourth-order valence-corrected chi connectivity index (χ4v) is 9.19. The maximum absolute atomic E-state index is 3.78. The van der Waals surface area contributed by atoms with Gasteiger partial charge < -0.3 is 4.57 Å². The summed E-state index contributed by atoms with van der Waals surface area (Å²) >= 11 is 7.56. The molecule has 0 unspecified atom stereocenters. The van der Waals surface area contributed by atoms with Gasteiger partial charge in [-0.1, -0.05) is 141 Å². The first-order chi connectivity index (χ1) is 22.2. The third-order valence-electron chi connectivity index (χ3n) is 9.61. The first kappa shape index (κ1) is 25.6. The van der Waals surface area contributed by atoms with Crippen molar-refractivity contribution in [3.05, 3.63) is 148 Å². The van der Waals surface area contributed by atoms with Crippen molar-refractivity contribution in [1.82, 2.24) is 4.57 Å². The molecule has 9 aromatic carbocycles. The molecule has 1 heterocycles. The highest BCUT2D eigenvalue weighted by molar-refractivity contribution is 9.11. The van der Waals surface area contributed by atoms with Crippen molar-refractivity contribution < 1.29 is 0 Å². The Morgan fingerprint density at radius 1 is 0.311 bits per heavy atom. The van der Waals surface area contributed by atoms with Crippen LogP contribution in [0.25, 0.3) is 92.1 Å². The summed E-state index contributed by atoms with van der Waals surface area (Å²) in [5.41, 5.74) is 3.52. The summed E-state index contributed by atoms with van der Waals surface area (Å²) in [6.07, 6.45) is 0. The standard InChI is InChI=1S/C42H23Br2N/c43-24-21-25(44)23-26(22-24)45-37-19-17-35-31-13-3-1-9-27(31)29-11-5-7-15-33(29)39(35)41(37)42-38(45)20-18-36-32-14-4-2-10-28(32)30-12-6-8-16-34(30)40(36)42/h1-23H. The molecule has 1 aromatic heterocycles. The van der Waals surface area contributed by atoms with Crippen molar-refractivity contribution in [2.45, 2.75) is 0 Å². The third kappa shape index (κ3) is 3.48. The van der Waals surface area contributed by atoms with E-state index in [4.69, 9.17) is 0 Å². The van der Waals surface area contributed by atoms with E-state index in [-0.39, 0.29) is 0 Å². The van der Waals surface area contributed by atoms with E-state index in [1.807, 2.05) is 0 Å². The molecular formula is C42H23Br2N. The largest absolute Gasteiger partial charge is 0.309 e. The van der Waals surface area contributed by atoms with Crippen LogP contribution in [0, 0.1) is 0 Å². The summed E-state index contributed by atoms with van der Waals surface area (Å²) in [6, 6.07) is 51.5. The highest BCUT2D eigenvalue weighted by Crippen LogP contribution is 2.48. The van der Waals surface area contributed by atoms with Crippen molar-refractivity contribution >= 4 is 118 Å². The lowest BCUT2D eigenvalue weighted by atomic mass is 9.89. The molecule has 0 bridgehead atoms. The molecule has 0 aliphatic heterocycles. The molecule has 0 fully saturated rings. The van der Waals surface area contributed by atoms with Gasteiger partial charge in [-0.25, -0.2) is 0 Å². The number of fused-ring (bicyclic) bond motifs is 17. The van der Waals surface area contributed by atoms with E-state index in [2.05, 4.69) is 176 Å². The Labute approximate surface area is 275 Å². The van der Waals surface area contributed by atoms with E-state index in [9.17, 15) is 0 Å². The van der Waals surface area contributed by atoms with Crippen molar-refractivity contribution in [3.63, 3.8) is 0 Å². The summed E-state index contributed by atoms with van der Waals surface area (Å²) in [4.78, 5) is 0. The Morgan fingerprint density at radius 3 is 1.00 bits per heavy atom. The van der Waals surface area contributed by atoms with Crippen molar-refractivity contribution in [2.24, 2.45) is 0 Å². The lowest BCUT2D eigenvalue weighted by Gasteiger charge is -2.13. The molecule has 0 amide bonds. The minimum absolute atomic E-state index is 1.04. The van der Waals surface area contributed by atoms with Gasteiger partial charge in [0.2, 0.25) is 0 Å². The van der Waals surface area contributed by atoms with Crippen LogP contribution in [0.2, 0.25) is 0 Å². The zero-order chi connectivity index (χ0) is 29.8. The van der Waals surface area contributed by atoms with Gasteiger partial charge in [-0.2, -0.15) is 0 Å². The van der Waals surface area contributed by atoms with Crippen LogP contribution in [-0.4, -0.2) is 4.57 Å². The van der Waals surface area contributed by atoms with Crippen molar-refractivity contribution in [3.8, 4) is 5.69 Å². The fourth-order valence-electron chi connectivity index (χ4n) is 7.92. The number of nitrogens with zero attached hydrogens (tertiary/aromatic N) is 1. The molecule has 0 atom stereocenters. The quantitative estimate of drug-likeness (QED) is 0.150. The van der Waals surface area contributed by atoms with Crippen LogP contribution >= 0.6 is 31.9 Å². The predicted molar refractivity (Wildman–Crippen MR) is 201 cm³/mol. The Morgan fingerprint density at radius 2 is 0.622 bits per heavy atom. The Kier molecular flexibility index (Phi) is 5.35. The smallest absolute Gasteiger partial charge is 0.0548 e. The molecule has 0 radical (unpaired) electrons. The minimum Gasteiger partial charge on any atom is -0.309 e. The van der Waals surface area contributed by atoms with Crippen LogP contribution in [-0.2, 0) is 0 Å². The van der Waals surface area contributed by atoms with Crippen LogP contribution in [0.5, 0.6) is 0 Å². The Bertz CT molecular complexity index is 2630. The highest BCUT2D eigenvalue weighted by atomic mass is 79.9. The first-order valence-electron chi connectivity index (χ1n) is 15.2. The van der Waals surface area contributed by atoms with Gasteiger partial charge in [0.1, 0.15) is 0 Å². The van der Waals surface area contributed by atoms with E-state index in [0.29, 0.717) is 0 Å². The third-order valence-corrected chi connectivity index (χ3v) is 10.5. The molecule has 0 aliphatic carbocycles. The number of aromatic nitrogens is 1. The molecule has 10 aromatic rings. The van der Waals surface area contributed by atoms with Gasteiger partial charge in [0.15, 0.2) is 0 Å². The van der Waals surface area contributed by atoms with Crippen LogP contribution < -0.4 is 0 Å². The van der Waals surface area contributed by atoms with Gasteiger partial charge in [-0.05, 0) is 84.2 Å². The van der Waals surface area contributed by atoms with Crippen molar-refractivity contribution in [1.29, 1.82) is 0 Å². The Balaban J connectivity index is 1.59. The second kappa shape index (κ2) is 9.40. The fraction of sp³-hybridized carbons (Fsp3) is 0. The number of halogens is 2. The Hall–Kier alpha value is -4.70. The van der Waals surface area contributed by atoms with E-state index in [1.165, 1.54) is 86.4 Å². The lowest BCUT2D eigenvalue weighted by Crippen LogP contribution is -1.94. The highest BCUT2D eigenvalue weighted by Gasteiger charge is 2.22. The molecule has 45 heavy (non-hydrogen) atoms. The molecule has 0 spiro atoms. The van der Waals surface area contributed by atoms with Gasteiger partial charge in [0.05, 0.1) is 11.0 Å². The second-order valence-electron chi connectivity index (χ2n) is 11.9. The van der Waals surface area contributed by atoms with Crippen LogP contribution in [0.4, 0.5) is 0 Å². The molecule has 0 saturated carbocycles. The van der Waals surface area contributed by atoms with E-state index in [1.54, 1.807) is 0 Å². The van der Waals surface area contributed by atoms with Gasteiger partial charge >= 0.3 is 0 Å². The summed E-state index contributed by atoms with van der Waals surface area (Å²) in [5.74, 6) is 0. The monoisotopic (exact) mass is 699 g/mol. The predicted octanol–water partition coefficient (Wildman–Crippen LogP) is 13.2. The molecule has 0 saturated heterocycles. The normalized spacial score (nSPS) is 12.2. The second-order valence-corrected chi connectivity index (χ2v) is 13.7. The van der Waals surface area contributed by atoms with Gasteiger partial charge in [-0.3, -0.25) is 0 Å². The maximum Gasteiger partial charge on any atom is 0.0548 e. The summed E-state index contributed by atoms with van der Waals surface area (Å²) < 4.78 is 4.53. The number of benzene rings is 9. The molecule has 3 heteroatoms. The average Bonchev–Trinajstić information content (AvgIpc) is 3.42. The van der Waals surface area contributed by atoms with Crippen molar-refractivity contribution in [2.75, 3.05) is 0 Å². The molecule has 0 aliphatic rings. The van der Waals surface area contributed by atoms with E-state index in [0.717, 1.165) is 14.6 Å². The maximum atomic E-state index is 3.78. The van der Waals surface area contributed by atoms with Gasteiger partial charge in [0.25, 0.3) is 0 Å².